The second kappa shape index (κ2) is 7.80. The van der Waals surface area contributed by atoms with Gasteiger partial charge in [0.2, 0.25) is 0 Å². The van der Waals surface area contributed by atoms with Crippen LogP contribution in [-0.4, -0.2) is 31.1 Å². The van der Waals surface area contributed by atoms with E-state index in [1.165, 1.54) is 35.2 Å². The lowest BCUT2D eigenvalue weighted by atomic mass is 9.93. The molecule has 0 aliphatic rings. The van der Waals surface area contributed by atoms with Crippen LogP contribution in [0.2, 0.25) is 0 Å². The van der Waals surface area contributed by atoms with E-state index < -0.39 is 0 Å². The largest absolute Gasteiger partial charge is 0.312 e. The fourth-order valence-electron chi connectivity index (χ4n) is 3.15. The summed E-state index contributed by atoms with van der Waals surface area (Å²) in [5.41, 5.74) is 5.64. The van der Waals surface area contributed by atoms with Crippen molar-refractivity contribution in [1.29, 1.82) is 0 Å². The van der Waals surface area contributed by atoms with Crippen LogP contribution in [0.1, 0.15) is 55.5 Å². The summed E-state index contributed by atoms with van der Waals surface area (Å²) in [6.45, 7) is 15.7. The van der Waals surface area contributed by atoms with E-state index in [1.807, 2.05) is 0 Å². The number of likely N-dealkylation sites (N-methyl/N-ethyl adjacent to an activating group) is 1. The van der Waals surface area contributed by atoms with Crippen LogP contribution in [0.15, 0.2) is 12.1 Å². The summed E-state index contributed by atoms with van der Waals surface area (Å²) < 4.78 is 0. The first-order valence-electron chi connectivity index (χ1n) is 7.89. The number of nitrogens with zero attached hydrogens (tertiary/aromatic N) is 1. The van der Waals surface area contributed by atoms with Crippen molar-refractivity contribution in [1.82, 2.24) is 10.2 Å². The van der Waals surface area contributed by atoms with Gasteiger partial charge in [0.1, 0.15) is 0 Å². The zero-order chi connectivity index (χ0) is 15.3. The Morgan fingerprint density at radius 3 is 2.05 bits per heavy atom. The highest BCUT2D eigenvalue weighted by molar-refractivity contribution is 5.39. The maximum absolute atomic E-state index is 3.52. The van der Waals surface area contributed by atoms with Gasteiger partial charge in [-0.3, -0.25) is 4.90 Å². The van der Waals surface area contributed by atoms with E-state index >= 15 is 0 Å². The third-order valence-corrected chi connectivity index (χ3v) is 4.09. The van der Waals surface area contributed by atoms with Crippen molar-refractivity contribution >= 4 is 0 Å². The van der Waals surface area contributed by atoms with Crippen molar-refractivity contribution in [3.63, 3.8) is 0 Å². The van der Waals surface area contributed by atoms with Crippen molar-refractivity contribution in [3.05, 3.63) is 34.4 Å². The molecule has 20 heavy (non-hydrogen) atoms. The van der Waals surface area contributed by atoms with Crippen molar-refractivity contribution in [2.75, 3.05) is 20.1 Å². The molecule has 0 amide bonds. The maximum Gasteiger partial charge on any atom is 0.0452 e. The van der Waals surface area contributed by atoms with Gasteiger partial charge in [0, 0.05) is 18.6 Å². The molecule has 0 spiro atoms. The van der Waals surface area contributed by atoms with Gasteiger partial charge in [-0.2, -0.15) is 0 Å². The van der Waals surface area contributed by atoms with Gasteiger partial charge >= 0.3 is 0 Å². The third kappa shape index (κ3) is 4.32. The van der Waals surface area contributed by atoms with Crippen LogP contribution in [0.25, 0.3) is 0 Å². The van der Waals surface area contributed by atoms with Gasteiger partial charge in [0.25, 0.3) is 0 Å². The average molecular weight is 276 g/mol. The number of nitrogens with one attached hydrogen (secondary N) is 1. The first-order chi connectivity index (χ1) is 9.40. The fraction of sp³-hybridized carbons (Fsp3) is 0.667. The molecule has 0 aliphatic heterocycles. The van der Waals surface area contributed by atoms with Crippen LogP contribution >= 0.6 is 0 Å². The van der Waals surface area contributed by atoms with Gasteiger partial charge < -0.3 is 5.32 Å². The van der Waals surface area contributed by atoms with E-state index in [0.717, 1.165) is 6.54 Å². The Balaban J connectivity index is 3.01. The first-order valence-corrected chi connectivity index (χ1v) is 7.89. The number of aryl methyl sites for hydroxylation is 3. The molecule has 0 heterocycles. The van der Waals surface area contributed by atoms with Gasteiger partial charge in [-0.1, -0.05) is 24.6 Å². The molecule has 114 valence electrons. The Hall–Kier alpha value is -0.860. The molecule has 2 heteroatoms. The molecule has 0 radical (unpaired) electrons. The molecule has 0 aromatic heterocycles. The molecule has 0 saturated carbocycles. The lowest BCUT2D eigenvalue weighted by molar-refractivity contribution is 0.200. The van der Waals surface area contributed by atoms with Crippen molar-refractivity contribution < 1.29 is 0 Å². The molecule has 1 atom stereocenters. The lowest BCUT2D eigenvalue weighted by Gasteiger charge is -2.32. The van der Waals surface area contributed by atoms with Crippen molar-refractivity contribution in [3.8, 4) is 0 Å². The minimum Gasteiger partial charge on any atom is -0.312 e. The van der Waals surface area contributed by atoms with Crippen LogP contribution in [0, 0.1) is 20.8 Å². The highest BCUT2D eigenvalue weighted by atomic mass is 15.2. The Morgan fingerprint density at radius 1 is 1.10 bits per heavy atom. The second-order valence-corrected chi connectivity index (χ2v) is 6.24. The molecule has 0 fully saturated rings. The van der Waals surface area contributed by atoms with Gasteiger partial charge in [-0.05, 0) is 71.3 Å². The summed E-state index contributed by atoms with van der Waals surface area (Å²) >= 11 is 0. The zero-order valence-electron chi connectivity index (χ0n) is 14.4. The number of hydrogen-bond donors (Lipinski definition) is 1. The Morgan fingerprint density at radius 2 is 1.65 bits per heavy atom. The van der Waals surface area contributed by atoms with E-state index in [2.05, 4.69) is 70.9 Å². The average Bonchev–Trinajstić information content (AvgIpc) is 2.34. The van der Waals surface area contributed by atoms with Gasteiger partial charge in [0.05, 0.1) is 0 Å². The van der Waals surface area contributed by atoms with E-state index in [0.29, 0.717) is 12.1 Å². The topological polar surface area (TPSA) is 15.3 Å². The van der Waals surface area contributed by atoms with Gasteiger partial charge in [0.15, 0.2) is 0 Å². The highest BCUT2D eigenvalue weighted by Gasteiger charge is 2.19. The van der Waals surface area contributed by atoms with E-state index in [1.54, 1.807) is 0 Å². The number of rotatable bonds is 7. The summed E-state index contributed by atoms with van der Waals surface area (Å²) in [5, 5.41) is 3.52. The minimum atomic E-state index is 0.407. The van der Waals surface area contributed by atoms with Crippen LogP contribution < -0.4 is 5.32 Å². The van der Waals surface area contributed by atoms with Crippen LogP contribution in [0.3, 0.4) is 0 Å². The lowest BCUT2D eigenvalue weighted by Crippen LogP contribution is -2.39. The molecule has 1 N–H and O–H groups in total. The van der Waals surface area contributed by atoms with Crippen LogP contribution in [0.5, 0.6) is 0 Å². The SMILES string of the molecule is CCCN(CC(NC)c1c(C)cc(C)cc1C)C(C)C. The summed E-state index contributed by atoms with van der Waals surface area (Å²) in [7, 11) is 2.08. The predicted molar refractivity (Wildman–Crippen MR) is 89.5 cm³/mol. The molecule has 1 aromatic rings. The summed E-state index contributed by atoms with van der Waals surface area (Å²) in [5.74, 6) is 0. The standard InChI is InChI=1S/C18H32N2/c1-8-9-20(13(2)3)12-17(19-7)18-15(5)10-14(4)11-16(18)6/h10-11,13,17,19H,8-9,12H2,1-7H3. The second-order valence-electron chi connectivity index (χ2n) is 6.24. The van der Waals surface area contributed by atoms with Gasteiger partial charge in [-0.15, -0.1) is 0 Å². The molecule has 1 aromatic carbocycles. The predicted octanol–water partition coefficient (Wildman–Crippen LogP) is 3.99. The Bertz CT molecular complexity index is 400. The molecular formula is C18H32N2. The zero-order valence-corrected chi connectivity index (χ0v) is 14.4. The van der Waals surface area contributed by atoms with E-state index in [4.69, 9.17) is 0 Å². The first kappa shape index (κ1) is 17.2. The normalized spacial score (nSPS) is 13.2. The number of benzene rings is 1. The van der Waals surface area contributed by atoms with E-state index in [-0.39, 0.29) is 0 Å². The molecular weight excluding hydrogens is 244 g/mol. The Kier molecular flexibility index (Phi) is 6.70. The summed E-state index contributed by atoms with van der Waals surface area (Å²) in [4.78, 5) is 2.57. The monoisotopic (exact) mass is 276 g/mol. The third-order valence-electron chi connectivity index (χ3n) is 4.09. The van der Waals surface area contributed by atoms with Crippen LogP contribution in [0.4, 0.5) is 0 Å². The molecule has 0 aliphatic carbocycles. The van der Waals surface area contributed by atoms with Crippen molar-refractivity contribution in [2.45, 2.75) is 60.0 Å². The van der Waals surface area contributed by atoms with Crippen molar-refractivity contribution in [2.24, 2.45) is 0 Å². The van der Waals surface area contributed by atoms with Gasteiger partial charge in [-0.25, -0.2) is 0 Å². The quantitative estimate of drug-likeness (QED) is 0.810. The fourth-order valence-corrected chi connectivity index (χ4v) is 3.15. The molecule has 0 saturated heterocycles. The molecule has 1 unspecified atom stereocenters. The minimum absolute atomic E-state index is 0.407. The molecule has 0 bridgehead atoms. The van der Waals surface area contributed by atoms with E-state index in [9.17, 15) is 0 Å². The molecule has 1 rings (SSSR count). The Labute approximate surface area is 125 Å². The van der Waals surface area contributed by atoms with Crippen LogP contribution in [-0.2, 0) is 0 Å². The molecule has 2 nitrogen and oxygen atoms in total. The highest BCUT2D eigenvalue weighted by Crippen LogP contribution is 2.24. The smallest absolute Gasteiger partial charge is 0.0452 e. The summed E-state index contributed by atoms with van der Waals surface area (Å²) in [6.07, 6.45) is 1.21. The number of hydrogen-bond acceptors (Lipinski definition) is 2. The summed E-state index contributed by atoms with van der Waals surface area (Å²) in [6, 6.07) is 5.60. The maximum atomic E-state index is 3.52.